The molecule has 8 aromatic rings. The van der Waals surface area contributed by atoms with E-state index in [9.17, 15) is 0 Å². The number of benzene rings is 6. The molecule has 0 radical (unpaired) electrons. The molecule has 6 heteroatoms. The van der Waals surface area contributed by atoms with Gasteiger partial charge in [0.25, 0.3) is 16.0 Å². The van der Waals surface area contributed by atoms with Crippen molar-refractivity contribution in [2.24, 2.45) is 0 Å². The predicted molar refractivity (Wildman–Crippen MR) is 249 cm³/mol. The van der Waals surface area contributed by atoms with Crippen LogP contribution in [0.15, 0.2) is 138 Å². The number of fused-ring (bicyclic) bond motifs is 6. The molecule has 0 aliphatic heterocycles. The zero-order valence-electron chi connectivity index (χ0n) is 36.1. The van der Waals surface area contributed by atoms with E-state index in [4.69, 9.17) is 16.8 Å². The van der Waals surface area contributed by atoms with Gasteiger partial charge >= 0.3 is 0 Å². The summed E-state index contributed by atoms with van der Waals surface area (Å²) in [5.41, 5.74) is 9.51. The summed E-state index contributed by atoms with van der Waals surface area (Å²) < 4.78 is 28.9. The minimum absolute atomic E-state index is 0.155. The molecular weight excluding hydrogens is 751 g/mol. The lowest BCUT2D eigenvalue weighted by atomic mass is 9.76. The Morgan fingerprint density at radius 2 is 0.586 bits per heavy atom. The fourth-order valence-corrected chi connectivity index (χ4v) is 11.5. The van der Waals surface area contributed by atoms with E-state index in [0.717, 1.165) is 65.6 Å². The van der Waals surface area contributed by atoms with Crippen molar-refractivity contribution in [3.63, 3.8) is 0 Å². The fraction of sp³-hybridized carbons (Fsp3) is 0.308. The monoisotopic (exact) mass is 806 g/mol. The summed E-state index contributed by atoms with van der Waals surface area (Å²) in [5, 5.41) is 6.25. The number of para-hydroxylation sites is 4. The molecule has 0 saturated heterocycles. The minimum Gasteiger partial charge on any atom is -0.416 e. The Kier molecular flexibility index (Phi) is 9.94. The molecule has 0 spiro atoms. The van der Waals surface area contributed by atoms with E-state index in [1.54, 1.807) is 0 Å². The highest BCUT2D eigenvalue weighted by molar-refractivity contribution is 7.47. The maximum Gasteiger partial charge on any atom is 0.253 e. The summed E-state index contributed by atoms with van der Waals surface area (Å²) in [6, 6.07) is 42.9. The Morgan fingerprint density at radius 3 is 0.828 bits per heavy atom. The van der Waals surface area contributed by atoms with Crippen LogP contribution in [0.4, 0.5) is 0 Å². The van der Waals surface area contributed by atoms with Crippen molar-refractivity contribution < 1.29 is 16.8 Å². The van der Waals surface area contributed by atoms with Crippen molar-refractivity contribution in [1.82, 2.24) is 0 Å². The van der Waals surface area contributed by atoms with Crippen molar-refractivity contribution in [1.29, 1.82) is 0 Å². The van der Waals surface area contributed by atoms with E-state index in [2.05, 4.69) is 180 Å². The van der Waals surface area contributed by atoms with Crippen LogP contribution in [0, 0.1) is 0 Å². The molecule has 0 saturated carbocycles. The van der Waals surface area contributed by atoms with Crippen LogP contribution in [0.1, 0.15) is 105 Å². The van der Waals surface area contributed by atoms with E-state index in [1.165, 1.54) is 22.3 Å². The Balaban J connectivity index is 1.65. The zero-order chi connectivity index (χ0) is 41.4. The van der Waals surface area contributed by atoms with E-state index in [-0.39, 0.29) is 21.7 Å². The van der Waals surface area contributed by atoms with E-state index < -0.39 is 16.0 Å². The van der Waals surface area contributed by atoms with Crippen molar-refractivity contribution in [3.05, 3.63) is 144 Å². The lowest BCUT2D eigenvalue weighted by Crippen LogP contribution is -2.19. The molecule has 58 heavy (non-hydrogen) atoms. The van der Waals surface area contributed by atoms with Gasteiger partial charge in [-0.05, 0) is 80.3 Å². The van der Waals surface area contributed by atoms with Crippen molar-refractivity contribution in [2.75, 3.05) is 0 Å². The van der Waals surface area contributed by atoms with Crippen LogP contribution in [-0.2, 0) is 21.7 Å². The summed E-state index contributed by atoms with van der Waals surface area (Å²) in [7, 11) is -3.43. The van der Waals surface area contributed by atoms with Gasteiger partial charge in [0.05, 0.1) is 10.6 Å². The van der Waals surface area contributed by atoms with Crippen molar-refractivity contribution in [3.8, 4) is 21.7 Å². The van der Waals surface area contributed by atoms with Crippen LogP contribution in [0.3, 0.4) is 0 Å². The molecule has 2 heterocycles. The first-order chi connectivity index (χ1) is 27.3. The third-order valence-corrected chi connectivity index (χ3v) is 14.2. The first kappa shape index (κ1) is 39.9. The zero-order valence-corrected chi connectivity index (χ0v) is 37.9. The van der Waals surface area contributed by atoms with Gasteiger partial charge in [-0.2, -0.15) is 0 Å². The average Bonchev–Trinajstić information content (AvgIpc) is 3.43. The highest BCUT2D eigenvalue weighted by atomic mass is 31.1. The quantitative estimate of drug-likeness (QED) is 0.178. The van der Waals surface area contributed by atoms with E-state index in [1.807, 2.05) is 24.3 Å². The number of hydrogen-bond donors (Lipinski definition) is 0. The van der Waals surface area contributed by atoms with Crippen LogP contribution >= 0.6 is 16.0 Å². The van der Waals surface area contributed by atoms with Crippen molar-refractivity contribution in [2.45, 2.75) is 105 Å². The second kappa shape index (κ2) is 14.4. The molecule has 0 aliphatic rings. The molecule has 0 fully saturated rings. The smallest absolute Gasteiger partial charge is 0.253 e. The standard InChI is InChI=1S/C52H56O4P2/c1-49(2,3)33-29-39(47(41(31-33)51(7,8)9)57-53-43-25-17-13-21-35(43)36-22-14-18-26-44(36)54-57)40-30-34(50(4,5)6)32-42(52(10,11)12)48(40)58-55-45-27-19-15-23-37(45)38-24-16-20-28-46(38)56-58/h13-32H,1-12H3. The Morgan fingerprint density at radius 1 is 0.328 bits per heavy atom. The molecule has 6 aromatic carbocycles. The first-order valence-corrected chi connectivity index (χ1v) is 22.7. The van der Waals surface area contributed by atoms with E-state index >= 15 is 0 Å². The maximum absolute atomic E-state index is 7.23. The third-order valence-electron chi connectivity index (χ3n) is 11.1. The summed E-state index contributed by atoms with van der Waals surface area (Å²) in [6.07, 6.45) is 0. The molecular formula is C52H56O4P2. The van der Waals surface area contributed by atoms with Crippen LogP contribution in [0.25, 0.3) is 65.6 Å². The highest BCUT2D eigenvalue weighted by Crippen LogP contribution is 2.58. The molecule has 8 rings (SSSR count). The van der Waals surface area contributed by atoms with Gasteiger partial charge in [0.2, 0.25) is 0 Å². The first-order valence-electron chi connectivity index (χ1n) is 20.4. The van der Waals surface area contributed by atoms with Gasteiger partial charge in [0.1, 0.15) is 22.3 Å². The second-order valence-corrected chi connectivity index (χ2v) is 22.4. The molecule has 0 N–H and O–H groups in total. The Hall–Kier alpha value is -4.88. The molecule has 0 unspecified atom stereocenters. The van der Waals surface area contributed by atoms with Crippen LogP contribution in [0.2, 0.25) is 0 Å². The van der Waals surface area contributed by atoms with E-state index in [0.29, 0.717) is 0 Å². The molecule has 0 aliphatic carbocycles. The summed E-state index contributed by atoms with van der Waals surface area (Å²) >= 11 is 0. The Bertz CT molecular complexity index is 2620. The van der Waals surface area contributed by atoms with Gasteiger partial charge in [-0.1, -0.05) is 168 Å². The van der Waals surface area contributed by atoms with Crippen LogP contribution in [0.5, 0.6) is 0 Å². The fourth-order valence-electron chi connectivity index (χ4n) is 7.73. The predicted octanol–water partition coefficient (Wildman–Crippen LogP) is 17.7. The largest absolute Gasteiger partial charge is 0.416 e. The lowest BCUT2D eigenvalue weighted by molar-refractivity contribution is 0.567. The number of hydrogen-bond acceptors (Lipinski definition) is 4. The minimum atomic E-state index is -1.71. The summed E-state index contributed by atoms with van der Waals surface area (Å²) in [6.45, 7) is 27.6. The van der Waals surface area contributed by atoms with Gasteiger partial charge in [-0.15, -0.1) is 0 Å². The van der Waals surface area contributed by atoms with Gasteiger partial charge in [-0.25, -0.2) is 0 Å². The molecule has 4 nitrogen and oxygen atoms in total. The van der Waals surface area contributed by atoms with Gasteiger partial charge in [-0.3, -0.25) is 0 Å². The SMILES string of the molecule is CC(C)(C)c1cc(-c2cc(C(C)(C)C)cc(C(C)(C)C)c2-p2oc3ccccc3c3ccccc3o2)c(-p2oc3ccccc3c3ccccc3o2)c(C(C)(C)C)c1. The van der Waals surface area contributed by atoms with Gasteiger partial charge in [0.15, 0.2) is 0 Å². The number of rotatable bonds is 3. The second-order valence-electron chi connectivity index (χ2n) is 19.7. The molecule has 0 amide bonds. The molecule has 2 aromatic heterocycles. The average molecular weight is 807 g/mol. The maximum atomic E-state index is 7.23. The molecule has 0 atom stereocenters. The topological polar surface area (TPSA) is 52.6 Å². The third kappa shape index (κ3) is 7.47. The Labute approximate surface area is 345 Å². The van der Waals surface area contributed by atoms with Gasteiger partial charge in [0, 0.05) is 32.7 Å². The molecule has 298 valence electrons. The van der Waals surface area contributed by atoms with Gasteiger partial charge < -0.3 is 16.8 Å². The molecule has 0 bridgehead atoms. The van der Waals surface area contributed by atoms with Crippen LogP contribution < -0.4 is 0 Å². The summed E-state index contributed by atoms with van der Waals surface area (Å²) in [5.74, 6) is 0. The van der Waals surface area contributed by atoms with Crippen molar-refractivity contribution >= 4 is 59.9 Å². The normalized spacial score (nSPS) is 12.8. The van der Waals surface area contributed by atoms with Crippen LogP contribution in [-0.4, -0.2) is 0 Å². The summed E-state index contributed by atoms with van der Waals surface area (Å²) in [4.78, 5) is 0. The lowest BCUT2D eigenvalue weighted by Gasteiger charge is -2.32. The highest BCUT2D eigenvalue weighted by Gasteiger charge is 2.34.